The summed E-state index contributed by atoms with van der Waals surface area (Å²) in [6.45, 7) is 0.282. The molecular formula is C17H17FN2O3. The predicted octanol–water partition coefficient (Wildman–Crippen LogP) is 3.28. The molecule has 0 saturated heterocycles. The van der Waals surface area contributed by atoms with Gasteiger partial charge in [0, 0.05) is 19.3 Å². The molecule has 0 radical (unpaired) electrons. The fourth-order valence-electron chi connectivity index (χ4n) is 2.01. The number of methoxy groups -OCH3 is 1. The van der Waals surface area contributed by atoms with Gasteiger partial charge in [-0.3, -0.25) is 0 Å². The summed E-state index contributed by atoms with van der Waals surface area (Å²) in [5.41, 5.74) is 1.65. The van der Waals surface area contributed by atoms with Crippen molar-refractivity contribution in [1.82, 2.24) is 4.90 Å². The Labute approximate surface area is 133 Å². The molecule has 2 amide bonds. The molecule has 0 heterocycles. The molecule has 1 N–H and O–H groups in total. The van der Waals surface area contributed by atoms with Gasteiger partial charge >= 0.3 is 12.0 Å². The lowest BCUT2D eigenvalue weighted by Crippen LogP contribution is -2.30. The highest BCUT2D eigenvalue weighted by atomic mass is 19.1. The number of urea groups is 1. The van der Waals surface area contributed by atoms with Crippen molar-refractivity contribution in [3.8, 4) is 0 Å². The number of rotatable bonds is 4. The first kappa shape index (κ1) is 16.5. The van der Waals surface area contributed by atoms with Gasteiger partial charge in [-0.05, 0) is 42.0 Å². The minimum Gasteiger partial charge on any atom is -0.465 e. The number of carbonyl (C=O) groups is 2. The number of esters is 1. The van der Waals surface area contributed by atoms with Gasteiger partial charge in [-0.2, -0.15) is 0 Å². The van der Waals surface area contributed by atoms with E-state index in [-0.39, 0.29) is 18.4 Å². The topological polar surface area (TPSA) is 58.6 Å². The Hall–Kier alpha value is -2.89. The molecule has 0 aliphatic rings. The minimum atomic E-state index is -0.439. The normalized spacial score (nSPS) is 10.0. The van der Waals surface area contributed by atoms with Crippen LogP contribution >= 0.6 is 0 Å². The van der Waals surface area contributed by atoms with Crippen molar-refractivity contribution in [1.29, 1.82) is 0 Å². The maximum absolute atomic E-state index is 13.1. The molecule has 2 aromatic carbocycles. The van der Waals surface area contributed by atoms with E-state index in [1.54, 1.807) is 43.4 Å². The zero-order chi connectivity index (χ0) is 16.8. The van der Waals surface area contributed by atoms with Crippen molar-refractivity contribution in [2.24, 2.45) is 0 Å². The lowest BCUT2D eigenvalue weighted by molar-refractivity contribution is 0.0600. The lowest BCUT2D eigenvalue weighted by Gasteiger charge is -2.18. The molecular weight excluding hydrogens is 299 g/mol. The standard InChI is InChI=1S/C17H17FN2O3/c1-20(11-12-4-3-5-14(18)10-12)17(22)19-15-8-6-13(7-9-15)16(21)23-2/h3-10H,11H2,1-2H3,(H,19,22). The third-order valence-electron chi connectivity index (χ3n) is 3.21. The van der Waals surface area contributed by atoms with Crippen LogP contribution < -0.4 is 5.32 Å². The number of hydrogen-bond donors (Lipinski definition) is 1. The van der Waals surface area contributed by atoms with Crippen molar-refractivity contribution >= 4 is 17.7 Å². The molecule has 0 saturated carbocycles. The van der Waals surface area contributed by atoms with Gasteiger partial charge < -0.3 is 15.0 Å². The second-order valence-corrected chi connectivity index (χ2v) is 4.99. The maximum Gasteiger partial charge on any atom is 0.337 e. The van der Waals surface area contributed by atoms with Crippen LogP contribution in [-0.2, 0) is 11.3 Å². The van der Waals surface area contributed by atoms with Gasteiger partial charge in [-0.25, -0.2) is 14.0 Å². The zero-order valence-corrected chi connectivity index (χ0v) is 12.9. The molecule has 0 spiro atoms. The number of ether oxygens (including phenoxy) is 1. The Morgan fingerprint density at radius 3 is 2.48 bits per heavy atom. The molecule has 0 fully saturated rings. The van der Waals surface area contributed by atoms with Gasteiger partial charge in [-0.15, -0.1) is 0 Å². The SMILES string of the molecule is COC(=O)c1ccc(NC(=O)N(C)Cc2cccc(F)c2)cc1. The summed E-state index contributed by atoms with van der Waals surface area (Å²) in [7, 11) is 2.92. The zero-order valence-electron chi connectivity index (χ0n) is 12.9. The number of nitrogens with one attached hydrogen (secondary N) is 1. The molecule has 0 aromatic heterocycles. The number of anilines is 1. The first-order valence-electron chi connectivity index (χ1n) is 6.94. The van der Waals surface area contributed by atoms with E-state index in [0.717, 1.165) is 0 Å². The Morgan fingerprint density at radius 2 is 1.87 bits per heavy atom. The van der Waals surface area contributed by atoms with E-state index in [1.165, 1.54) is 24.1 Å². The summed E-state index contributed by atoms with van der Waals surface area (Å²) in [5, 5.41) is 2.70. The van der Waals surface area contributed by atoms with Crippen LogP contribution in [0.15, 0.2) is 48.5 Å². The smallest absolute Gasteiger partial charge is 0.337 e. The molecule has 0 unspecified atom stereocenters. The van der Waals surface area contributed by atoms with Crippen molar-refractivity contribution in [2.45, 2.75) is 6.54 Å². The summed E-state index contributed by atoms with van der Waals surface area (Å²) >= 11 is 0. The summed E-state index contributed by atoms with van der Waals surface area (Å²) in [6, 6.07) is 12.1. The fourth-order valence-corrected chi connectivity index (χ4v) is 2.01. The predicted molar refractivity (Wildman–Crippen MR) is 84.7 cm³/mol. The molecule has 6 heteroatoms. The fraction of sp³-hybridized carbons (Fsp3) is 0.176. The first-order valence-corrected chi connectivity index (χ1v) is 6.94. The number of hydrogen-bond acceptors (Lipinski definition) is 3. The lowest BCUT2D eigenvalue weighted by atomic mass is 10.2. The quantitative estimate of drug-likeness (QED) is 0.881. The van der Waals surface area contributed by atoms with Gasteiger partial charge in [0.15, 0.2) is 0 Å². The van der Waals surface area contributed by atoms with Crippen LogP contribution in [0, 0.1) is 5.82 Å². The number of nitrogens with zero attached hydrogens (tertiary/aromatic N) is 1. The van der Waals surface area contributed by atoms with Crippen LogP contribution in [0.25, 0.3) is 0 Å². The monoisotopic (exact) mass is 316 g/mol. The Balaban J connectivity index is 1.96. The van der Waals surface area contributed by atoms with E-state index < -0.39 is 5.97 Å². The molecule has 0 aliphatic heterocycles. The van der Waals surface area contributed by atoms with Gasteiger partial charge in [0.25, 0.3) is 0 Å². The highest BCUT2D eigenvalue weighted by molar-refractivity contribution is 5.92. The van der Waals surface area contributed by atoms with E-state index in [2.05, 4.69) is 10.1 Å². The van der Waals surface area contributed by atoms with E-state index in [9.17, 15) is 14.0 Å². The molecule has 0 atom stereocenters. The van der Waals surface area contributed by atoms with Crippen LogP contribution in [0.4, 0.5) is 14.9 Å². The Morgan fingerprint density at radius 1 is 1.17 bits per heavy atom. The van der Waals surface area contributed by atoms with Crippen LogP contribution in [0.2, 0.25) is 0 Å². The van der Waals surface area contributed by atoms with E-state index in [0.29, 0.717) is 16.8 Å². The number of amides is 2. The second-order valence-electron chi connectivity index (χ2n) is 4.99. The third kappa shape index (κ3) is 4.54. The van der Waals surface area contributed by atoms with Crippen molar-refractivity contribution in [3.05, 3.63) is 65.5 Å². The third-order valence-corrected chi connectivity index (χ3v) is 3.21. The summed E-state index contributed by atoms with van der Waals surface area (Å²) in [6.07, 6.45) is 0. The van der Waals surface area contributed by atoms with E-state index in [1.807, 2.05) is 0 Å². The van der Waals surface area contributed by atoms with Crippen LogP contribution in [-0.4, -0.2) is 31.1 Å². The van der Waals surface area contributed by atoms with Gasteiger partial charge in [0.05, 0.1) is 12.7 Å². The average Bonchev–Trinajstić information content (AvgIpc) is 2.54. The van der Waals surface area contributed by atoms with Gasteiger partial charge in [0.2, 0.25) is 0 Å². The summed E-state index contributed by atoms with van der Waals surface area (Å²) < 4.78 is 17.7. The molecule has 2 rings (SSSR count). The van der Waals surface area contributed by atoms with Crippen LogP contribution in [0.5, 0.6) is 0 Å². The number of carbonyl (C=O) groups excluding carboxylic acids is 2. The Bertz CT molecular complexity index is 701. The largest absolute Gasteiger partial charge is 0.465 e. The van der Waals surface area contributed by atoms with Gasteiger partial charge in [0.1, 0.15) is 5.82 Å². The van der Waals surface area contributed by atoms with E-state index in [4.69, 9.17) is 0 Å². The first-order chi connectivity index (χ1) is 11.0. The molecule has 23 heavy (non-hydrogen) atoms. The van der Waals surface area contributed by atoms with Crippen molar-refractivity contribution in [3.63, 3.8) is 0 Å². The molecule has 0 aliphatic carbocycles. The highest BCUT2D eigenvalue weighted by Gasteiger charge is 2.11. The maximum atomic E-state index is 13.1. The molecule has 120 valence electrons. The average molecular weight is 316 g/mol. The summed E-state index contributed by atoms with van der Waals surface area (Å²) in [4.78, 5) is 24.9. The minimum absolute atomic E-state index is 0.282. The molecule has 5 nitrogen and oxygen atoms in total. The number of halogens is 1. The molecule has 2 aromatic rings. The number of benzene rings is 2. The van der Waals surface area contributed by atoms with Crippen molar-refractivity contribution in [2.75, 3.05) is 19.5 Å². The van der Waals surface area contributed by atoms with E-state index >= 15 is 0 Å². The highest BCUT2D eigenvalue weighted by Crippen LogP contribution is 2.12. The molecule has 0 bridgehead atoms. The van der Waals surface area contributed by atoms with Crippen molar-refractivity contribution < 1.29 is 18.7 Å². The van der Waals surface area contributed by atoms with Crippen LogP contribution in [0.3, 0.4) is 0 Å². The van der Waals surface area contributed by atoms with Gasteiger partial charge in [-0.1, -0.05) is 12.1 Å². The second kappa shape index (κ2) is 7.40. The Kier molecular flexibility index (Phi) is 5.30. The van der Waals surface area contributed by atoms with Crippen LogP contribution in [0.1, 0.15) is 15.9 Å². The summed E-state index contributed by atoms with van der Waals surface area (Å²) in [5.74, 6) is -0.777.